The van der Waals surface area contributed by atoms with Gasteiger partial charge in [-0.1, -0.05) is 71.1 Å². The molecule has 0 amide bonds. The van der Waals surface area contributed by atoms with E-state index in [-0.39, 0.29) is 29.6 Å². The number of carbonyl (C=O) groups is 1. The summed E-state index contributed by atoms with van der Waals surface area (Å²) < 4.78 is 0. The van der Waals surface area contributed by atoms with Crippen molar-refractivity contribution in [3.8, 4) is 0 Å². The topological polar surface area (TPSA) is 104 Å². The summed E-state index contributed by atoms with van der Waals surface area (Å²) in [5, 5.41) is 13.8. The Kier molecular flexibility index (Phi) is 19.8. The maximum absolute atomic E-state index is 10.9. The molecule has 0 aromatic heterocycles. The fraction of sp³-hybridized carbons (Fsp3) is 0.938. The number of hydrogen-bond donors (Lipinski definition) is 3. The monoisotopic (exact) mass is 323 g/mol. The molecule has 0 aliphatic heterocycles. The van der Waals surface area contributed by atoms with Crippen molar-refractivity contribution >= 4 is 5.97 Å². The SMILES string of the molecule is CCCCCCCCCCCCC(NCC(N)N)C(=O)[O-].[Na+]. The van der Waals surface area contributed by atoms with Gasteiger partial charge in [-0.2, -0.15) is 0 Å². The molecule has 0 bridgehead atoms. The van der Waals surface area contributed by atoms with Gasteiger partial charge in [-0.3, -0.25) is 0 Å². The van der Waals surface area contributed by atoms with E-state index in [4.69, 9.17) is 11.5 Å². The first kappa shape index (κ1) is 24.6. The minimum Gasteiger partial charge on any atom is -0.548 e. The molecule has 0 rings (SSSR count). The van der Waals surface area contributed by atoms with Crippen molar-refractivity contribution in [3.63, 3.8) is 0 Å². The van der Waals surface area contributed by atoms with Gasteiger partial charge in [0.1, 0.15) is 0 Å². The van der Waals surface area contributed by atoms with Crippen LogP contribution in [0, 0.1) is 0 Å². The normalized spacial score (nSPS) is 12.2. The van der Waals surface area contributed by atoms with E-state index < -0.39 is 18.2 Å². The Labute approximate surface area is 158 Å². The van der Waals surface area contributed by atoms with Gasteiger partial charge >= 0.3 is 29.6 Å². The van der Waals surface area contributed by atoms with E-state index in [1.165, 1.54) is 51.4 Å². The molecule has 0 saturated heterocycles. The molecule has 6 heteroatoms. The third-order valence-electron chi connectivity index (χ3n) is 3.73. The summed E-state index contributed by atoms with van der Waals surface area (Å²) >= 11 is 0. The predicted molar refractivity (Wildman–Crippen MR) is 85.4 cm³/mol. The minimum atomic E-state index is -1.06. The first-order valence-electron chi connectivity index (χ1n) is 8.53. The molecule has 1 atom stereocenters. The van der Waals surface area contributed by atoms with Gasteiger partial charge in [-0.25, -0.2) is 0 Å². The summed E-state index contributed by atoms with van der Waals surface area (Å²) in [5.74, 6) is -1.06. The van der Waals surface area contributed by atoms with Crippen LogP contribution in [0.4, 0.5) is 0 Å². The van der Waals surface area contributed by atoms with E-state index in [2.05, 4.69) is 12.2 Å². The van der Waals surface area contributed by atoms with E-state index >= 15 is 0 Å². The number of nitrogens with one attached hydrogen (secondary N) is 1. The second kappa shape index (κ2) is 17.7. The van der Waals surface area contributed by atoms with Crippen LogP contribution in [-0.4, -0.2) is 24.7 Å². The Morgan fingerprint density at radius 3 is 1.82 bits per heavy atom. The van der Waals surface area contributed by atoms with E-state index in [1.807, 2.05) is 0 Å². The van der Waals surface area contributed by atoms with Crippen LogP contribution in [0.1, 0.15) is 77.6 Å². The molecule has 22 heavy (non-hydrogen) atoms. The standard InChI is InChI=1S/C16H35N3O2.Na/c1-2-3-4-5-6-7-8-9-10-11-12-14(16(20)21)19-13-15(17)18;/h14-15,19H,2-13,17-18H2,1H3,(H,20,21);/q;+1/p-1. The van der Waals surface area contributed by atoms with Gasteiger partial charge in [0.15, 0.2) is 0 Å². The summed E-state index contributed by atoms with van der Waals surface area (Å²) in [7, 11) is 0. The van der Waals surface area contributed by atoms with Crippen LogP contribution in [0.5, 0.6) is 0 Å². The van der Waals surface area contributed by atoms with E-state index in [1.54, 1.807) is 0 Å². The zero-order valence-corrected chi connectivity index (χ0v) is 16.6. The van der Waals surface area contributed by atoms with Crippen molar-refractivity contribution in [2.24, 2.45) is 11.5 Å². The van der Waals surface area contributed by atoms with Crippen LogP contribution in [0.3, 0.4) is 0 Å². The number of carboxylic acid groups (broad SMARTS) is 1. The summed E-state index contributed by atoms with van der Waals surface area (Å²) in [6.07, 6.45) is 12.5. The van der Waals surface area contributed by atoms with Gasteiger partial charge in [0.25, 0.3) is 0 Å². The number of carbonyl (C=O) groups excluding carboxylic acids is 1. The first-order chi connectivity index (χ1) is 10.1. The molecule has 0 aromatic rings. The summed E-state index contributed by atoms with van der Waals surface area (Å²) in [4.78, 5) is 10.9. The fourth-order valence-corrected chi connectivity index (χ4v) is 2.42. The minimum absolute atomic E-state index is 0. The molecular weight excluding hydrogens is 289 g/mol. The van der Waals surface area contributed by atoms with Crippen LogP contribution in [0.25, 0.3) is 0 Å². The van der Waals surface area contributed by atoms with Crippen LogP contribution >= 0.6 is 0 Å². The van der Waals surface area contributed by atoms with Gasteiger partial charge in [-0.15, -0.1) is 0 Å². The molecule has 0 aliphatic rings. The Morgan fingerprint density at radius 2 is 1.41 bits per heavy atom. The Balaban J connectivity index is 0. The largest absolute Gasteiger partial charge is 1.00 e. The number of rotatable bonds is 15. The van der Waals surface area contributed by atoms with E-state index in [9.17, 15) is 9.90 Å². The molecule has 0 radical (unpaired) electrons. The molecule has 5 N–H and O–H groups in total. The second-order valence-electron chi connectivity index (χ2n) is 5.91. The maximum Gasteiger partial charge on any atom is 1.00 e. The Bertz CT molecular complexity index is 254. The average Bonchev–Trinajstić information content (AvgIpc) is 2.43. The second-order valence-corrected chi connectivity index (χ2v) is 5.91. The van der Waals surface area contributed by atoms with E-state index in [0.29, 0.717) is 13.0 Å². The van der Waals surface area contributed by atoms with Crippen molar-refractivity contribution < 1.29 is 39.5 Å². The molecule has 1 unspecified atom stereocenters. The number of unbranched alkanes of at least 4 members (excludes halogenated alkanes) is 9. The van der Waals surface area contributed by atoms with Crippen LogP contribution in [-0.2, 0) is 4.79 Å². The molecule has 0 saturated carbocycles. The molecule has 0 aromatic carbocycles. The van der Waals surface area contributed by atoms with Crippen molar-refractivity contribution in [1.82, 2.24) is 5.32 Å². The molecular formula is C16H34N3NaO2. The zero-order chi connectivity index (χ0) is 15.9. The van der Waals surface area contributed by atoms with Crippen LogP contribution in [0.15, 0.2) is 0 Å². The van der Waals surface area contributed by atoms with E-state index in [0.717, 1.165) is 12.8 Å². The predicted octanol–water partition coefficient (Wildman–Crippen LogP) is -1.75. The molecule has 5 nitrogen and oxygen atoms in total. The molecule has 0 aliphatic carbocycles. The van der Waals surface area contributed by atoms with Crippen molar-refractivity contribution in [2.75, 3.05) is 6.54 Å². The first-order valence-corrected chi connectivity index (χ1v) is 8.53. The molecule has 126 valence electrons. The average molecular weight is 323 g/mol. The Hall–Kier alpha value is 0.350. The quantitative estimate of drug-likeness (QED) is 0.188. The smallest absolute Gasteiger partial charge is 0.548 e. The number of hydrogen-bond acceptors (Lipinski definition) is 5. The molecule has 0 fully saturated rings. The maximum atomic E-state index is 10.9. The van der Waals surface area contributed by atoms with Gasteiger partial charge in [-0.05, 0) is 6.42 Å². The van der Waals surface area contributed by atoms with Crippen LogP contribution in [0.2, 0.25) is 0 Å². The van der Waals surface area contributed by atoms with Gasteiger partial charge in [0.2, 0.25) is 0 Å². The Morgan fingerprint density at radius 1 is 0.955 bits per heavy atom. The number of nitrogens with two attached hydrogens (primary N) is 2. The van der Waals surface area contributed by atoms with Gasteiger partial charge < -0.3 is 26.7 Å². The third kappa shape index (κ3) is 16.7. The van der Waals surface area contributed by atoms with Crippen molar-refractivity contribution in [3.05, 3.63) is 0 Å². The van der Waals surface area contributed by atoms with Crippen LogP contribution < -0.4 is 51.4 Å². The van der Waals surface area contributed by atoms with Crippen molar-refractivity contribution in [2.45, 2.75) is 89.8 Å². The fourth-order valence-electron chi connectivity index (χ4n) is 2.42. The molecule has 0 spiro atoms. The van der Waals surface area contributed by atoms with Gasteiger partial charge in [0.05, 0.1) is 12.1 Å². The third-order valence-corrected chi connectivity index (χ3v) is 3.73. The summed E-state index contributed by atoms with van der Waals surface area (Å²) in [6, 6.07) is -0.631. The van der Waals surface area contributed by atoms with Crippen molar-refractivity contribution in [1.29, 1.82) is 0 Å². The summed E-state index contributed by atoms with van der Waals surface area (Å²) in [5.41, 5.74) is 10.8. The van der Waals surface area contributed by atoms with Gasteiger partial charge in [0, 0.05) is 12.6 Å². The number of aliphatic carboxylic acids is 1. The number of carboxylic acids is 1. The molecule has 0 heterocycles. The zero-order valence-electron chi connectivity index (χ0n) is 14.6. The summed E-state index contributed by atoms with van der Waals surface area (Å²) in [6.45, 7) is 2.53.